The number of anilines is 1. The van der Waals surface area contributed by atoms with Crippen LogP contribution < -0.4 is 4.90 Å². The number of ether oxygens (including phenoxy) is 1. The van der Waals surface area contributed by atoms with Gasteiger partial charge >= 0.3 is 0 Å². The normalized spacial score (nSPS) is 15.1. The molecule has 0 spiro atoms. The van der Waals surface area contributed by atoms with Crippen molar-refractivity contribution < 1.29 is 9.15 Å². The van der Waals surface area contributed by atoms with E-state index in [0.717, 1.165) is 57.6 Å². The molecule has 4 heterocycles. The lowest BCUT2D eigenvalue weighted by atomic mass is 10.1. The van der Waals surface area contributed by atoms with Gasteiger partial charge in [0.15, 0.2) is 17.2 Å². The summed E-state index contributed by atoms with van der Waals surface area (Å²) in [6, 6.07) is 14.0. The van der Waals surface area contributed by atoms with Crippen molar-refractivity contribution in [1.29, 1.82) is 0 Å². The number of nitrogens with one attached hydrogen (secondary N) is 1. The number of morpholine rings is 1. The fraction of sp³-hybridized carbons (Fsp3) is 0.190. The highest BCUT2D eigenvalue weighted by atomic mass is 16.5. The van der Waals surface area contributed by atoms with Gasteiger partial charge in [0, 0.05) is 24.0 Å². The number of H-pyrrole nitrogens is 1. The summed E-state index contributed by atoms with van der Waals surface area (Å²) in [4.78, 5) is 19.7. The summed E-state index contributed by atoms with van der Waals surface area (Å²) >= 11 is 0. The van der Waals surface area contributed by atoms with Crippen LogP contribution in [0.5, 0.6) is 0 Å². The number of nitrogens with zero attached hydrogens (tertiary/aromatic N) is 4. The maximum atomic E-state index is 6.17. The number of imidazole rings is 1. The van der Waals surface area contributed by atoms with Crippen molar-refractivity contribution in [3.8, 4) is 11.4 Å². The molecule has 0 saturated carbocycles. The Morgan fingerprint density at radius 2 is 1.82 bits per heavy atom. The molecule has 2 aromatic carbocycles. The lowest BCUT2D eigenvalue weighted by Gasteiger charge is -2.27. The van der Waals surface area contributed by atoms with E-state index in [1.807, 2.05) is 42.5 Å². The first-order chi connectivity index (χ1) is 13.9. The maximum absolute atomic E-state index is 6.17. The zero-order valence-electron chi connectivity index (χ0n) is 15.1. The third kappa shape index (κ3) is 2.30. The number of furan rings is 1. The minimum atomic E-state index is 0.651. The molecular weight excluding hydrogens is 354 g/mol. The Bertz CT molecular complexity index is 1320. The van der Waals surface area contributed by atoms with Gasteiger partial charge in [0.25, 0.3) is 0 Å². The van der Waals surface area contributed by atoms with Gasteiger partial charge in [0.1, 0.15) is 11.1 Å². The van der Waals surface area contributed by atoms with Crippen LogP contribution in [0.2, 0.25) is 0 Å². The minimum absolute atomic E-state index is 0.651. The van der Waals surface area contributed by atoms with Crippen molar-refractivity contribution in [3.63, 3.8) is 0 Å². The van der Waals surface area contributed by atoms with E-state index in [2.05, 4.69) is 14.9 Å². The van der Waals surface area contributed by atoms with Crippen molar-refractivity contribution in [2.75, 3.05) is 31.2 Å². The molecule has 138 valence electrons. The highest BCUT2D eigenvalue weighted by molar-refractivity contribution is 6.06. The number of hydrogen-bond donors (Lipinski definition) is 1. The molecular formula is C21H17N5O2. The number of rotatable bonds is 2. The number of aromatic nitrogens is 4. The van der Waals surface area contributed by atoms with E-state index in [-0.39, 0.29) is 0 Å². The number of fused-ring (bicyclic) bond motifs is 4. The predicted molar refractivity (Wildman–Crippen MR) is 107 cm³/mol. The molecule has 3 aromatic heterocycles. The molecule has 1 fully saturated rings. The SMILES string of the molecule is c1cc(-c2nc(N3CCOCC3)c3oc4ccccc4c3n2)c2nc[nH]c2c1. The third-order valence-electron chi connectivity index (χ3n) is 5.20. The predicted octanol–water partition coefficient (Wildman–Crippen LogP) is 3.76. The second-order valence-electron chi connectivity index (χ2n) is 6.85. The fourth-order valence-corrected chi connectivity index (χ4v) is 3.83. The monoisotopic (exact) mass is 371 g/mol. The number of para-hydroxylation sites is 2. The summed E-state index contributed by atoms with van der Waals surface area (Å²) in [7, 11) is 0. The molecule has 0 atom stereocenters. The van der Waals surface area contributed by atoms with Crippen molar-refractivity contribution >= 4 is 38.9 Å². The molecule has 1 saturated heterocycles. The Balaban J connectivity index is 1.67. The van der Waals surface area contributed by atoms with E-state index in [9.17, 15) is 0 Å². The molecule has 7 nitrogen and oxygen atoms in total. The molecule has 0 unspecified atom stereocenters. The maximum Gasteiger partial charge on any atom is 0.196 e. The summed E-state index contributed by atoms with van der Waals surface area (Å²) in [6.45, 7) is 2.90. The molecule has 5 aromatic rings. The first-order valence-corrected chi connectivity index (χ1v) is 9.33. The lowest BCUT2D eigenvalue weighted by molar-refractivity contribution is 0.122. The van der Waals surface area contributed by atoms with Crippen molar-refractivity contribution in [3.05, 3.63) is 48.8 Å². The van der Waals surface area contributed by atoms with Gasteiger partial charge in [-0.3, -0.25) is 0 Å². The molecule has 1 N–H and O–H groups in total. The van der Waals surface area contributed by atoms with Crippen LogP contribution in [0.4, 0.5) is 5.82 Å². The second-order valence-corrected chi connectivity index (χ2v) is 6.85. The molecule has 28 heavy (non-hydrogen) atoms. The Morgan fingerprint density at radius 1 is 0.929 bits per heavy atom. The molecule has 1 aliphatic heterocycles. The number of hydrogen-bond acceptors (Lipinski definition) is 6. The molecule has 0 bridgehead atoms. The largest absolute Gasteiger partial charge is 0.450 e. The Kier molecular flexibility index (Phi) is 3.36. The van der Waals surface area contributed by atoms with Gasteiger partial charge in [-0.25, -0.2) is 15.0 Å². The van der Waals surface area contributed by atoms with Crippen LogP contribution >= 0.6 is 0 Å². The van der Waals surface area contributed by atoms with Crippen LogP contribution in [0.3, 0.4) is 0 Å². The summed E-state index contributed by atoms with van der Waals surface area (Å²) in [6.07, 6.45) is 1.70. The van der Waals surface area contributed by atoms with E-state index >= 15 is 0 Å². The van der Waals surface area contributed by atoms with Crippen molar-refractivity contribution in [2.24, 2.45) is 0 Å². The Hall–Kier alpha value is -3.45. The highest BCUT2D eigenvalue weighted by Crippen LogP contribution is 2.36. The van der Waals surface area contributed by atoms with Gasteiger partial charge < -0.3 is 19.0 Å². The summed E-state index contributed by atoms with van der Waals surface area (Å²) in [5.74, 6) is 1.46. The summed E-state index contributed by atoms with van der Waals surface area (Å²) in [5, 5.41) is 0.991. The van der Waals surface area contributed by atoms with Gasteiger partial charge in [-0.05, 0) is 24.3 Å². The van der Waals surface area contributed by atoms with Crippen LogP contribution in [0.25, 0.3) is 44.5 Å². The quantitative estimate of drug-likeness (QED) is 0.509. The van der Waals surface area contributed by atoms with Crippen LogP contribution in [-0.2, 0) is 4.74 Å². The summed E-state index contributed by atoms with van der Waals surface area (Å²) in [5.41, 5.74) is 5.10. The molecule has 6 rings (SSSR count). The van der Waals surface area contributed by atoms with Crippen LogP contribution in [0.1, 0.15) is 0 Å². The second kappa shape index (κ2) is 6.03. The van der Waals surface area contributed by atoms with Crippen LogP contribution in [0.15, 0.2) is 53.2 Å². The van der Waals surface area contributed by atoms with Crippen LogP contribution in [-0.4, -0.2) is 46.2 Å². The average Bonchev–Trinajstić information content (AvgIpc) is 3.38. The number of aromatic amines is 1. The third-order valence-corrected chi connectivity index (χ3v) is 5.20. The first kappa shape index (κ1) is 15.6. The van der Waals surface area contributed by atoms with Crippen molar-refractivity contribution in [1.82, 2.24) is 19.9 Å². The molecule has 0 radical (unpaired) electrons. The van der Waals surface area contributed by atoms with Crippen LogP contribution in [0, 0.1) is 0 Å². The van der Waals surface area contributed by atoms with Gasteiger partial charge in [0.2, 0.25) is 0 Å². The van der Waals surface area contributed by atoms with Gasteiger partial charge in [-0.2, -0.15) is 0 Å². The molecule has 1 aliphatic rings. The fourth-order valence-electron chi connectivity index (χ4n) is 3.83. The average molecular weight is 371 g/mol. The van der Waals surface area contributed by atoms with Gasteiger partial charge in [-0.15, -0.1) is 0 Å². The molecule has 7 heteroatoms. The zero-order valence-corrected chi connectivity index (χ0v) is 15.1. The van der Waals surface area contributed by atoms with Gasteiger partial charge in [0.05, 0.1) is 30.6 Å². The topological polar surface area (TPSA) is 80.1 Å². The standard InChI is InChI=1S/C21H17N5O2/c1-2-7-16-13(4-1)18-19(28-16)21(26-8-10-27-11-9-26)25-20(24-18)14-5-3-6-15-17(14)23-12-22-15/h1-7,12H,8-11H2,(H,22,23). The van der Waals surface area contributed by atoms with E-state index in [1.54, 1.807) is 6.33 Å². The van der Waals surface area contributed by atoms with Crippen molar-refractivity contribution in [2.45, 2.75) is 0 Å². The van der Waals surface area contributed by atoms with Gasteiger partial charge in [-0.1, -0.05) is 18.2 Å². The lowest BCUT2D eigenvalue weighted by Crippen LogP contribution is -2.37. The summed E-state index contributed by atoms with van der Waals surface area (Å²) < 4.78 is 11.7. The number of benzene rings is 2. The smallest absolute Gasteiger partial charge is 0.196 e. The Morgan fingerprint density at radius 3 is 2.75 bits per heavy atom. The van der Waals surface area contributed by atoms with E-state index in [0.29, 0.717) is 19.0 Å². The van der Waals surface area contributed by atoms with E-state index < -0.39 is 0 Å². The van der Waals surface area contributed by atoms with E-state index in [4.69, 9.17) is 19.1 Å². The zero-order chi connectivity index (χ0) is 18.5. The molecule has 0 amide bonds. The molecule has 0 aliphatic carbocycles. The Labute approximate surface area is 160 Å². The highest BCUT2D eigenvalue weighted by Gasteiger charge is 2.23. The first-order valence-electron chi connectivity index (χ1n) is 9.33. The minimum Gasteiger partial charge on any atom is -0.450 e. The van der Waals surface area contributed by atoms with E-state index in [1.165, 1.54) is 0 Å².